The van der Waals surface area contributed by atoms with Crippen LogP contribution in [0.25, 0.3) is 0 Å². The lowest BCUT2D eigenvalue weighted by molar-refractivity contribution is 0.0526. The molecule has 2 N–H and O–H groups in total. The van der Waals surface area contributed by atoms with Crippen LogP contribution in [-0.2, 0) is 11.2 Å². The number of ether oxygens (including phenoxy) is 2. The molecule has 0 radical (unpaired) electrons. The summed E-state index contributed by atoms with van der Waals surface area (Å²) in [6.07, 6.45) is 0.728. The van der Waals surface area contributed by atoms with Crippen molar-refractivity contribution in [1.29, 1.82) is 0 Å². The van der Waals surface area contributed by atoms with Crippen molar-refractivity contribution in [3.05, 3.63) is 29.3 Å². The monoisotopic (exact) mass is 223 g/mol. The van der Waals surface area contributed by atoms with Gasteiger partial charge in [0.1, 0.15) is 5.75 Å². The molecule has 0 saturated heterocycles. The van der Waals surface area contributed by atoms with Crippen LogP contribution in [0.15, 0.2) is 18.2 Å². The zero-order chi connectivity index (χ0) is 12.0. The summed E-state index contributed by atoms with van der Waals surface area (Å²) in [6.45, 7) is 2.69. The first-order chi connectivity index (χ1) is 7.72. The Morgan fingerprint density at radius 2 is 2.19 bits per heavy atom. The second-order valence-electron chi connectivity index (χ2n) is 3.29. The molecule has 4 heteroatoms. The molecule has 0 aromatic heterocycles. The third-order valence-electron chi connectivity index (χ3n) is 2.21. The Balaban J connectivity index is 2.94. The van der Waals surface area contributed by atoms with Crippen LogP contribution < -0.4 is 10.5 Å². The largest absolute Gasteiger partial charge is 0.496 e. The summed E-state index contributed by atoms with van der Waals surface area (Å²) < 4.78 is 10.1. The Bertz CT molecular complexity index is 363. The number of benzene rings is 1. The Hall–Kier alpha value is -1.55. The molecule has 0 unspecified atom stereocenters. The molecule has 0 heterocycles. The number of hydrogen-bond donors (Lipinski definition) is 1. The average Bonchev–Trinajstić information content (AvgIpc) is 2.30. The van der Waals surface area contributed by atoms with Crippen molar-refractivity contribution >= 4 is 5.97 Å². The zero-order valence-corrected chi connectivity index (χ0v) is 9.66. The van der Waals surface area contributed by atoms with Gasteiger partial charge in [-0.1, -0.05) is 6.07 Å². The van der Waals surface area contributed by atoms with Gasteiger partial charge in [0.15, 0.2) is 0 Å². The molecule has 0 amide bonds. The van der Waals surface area contributed by atoms with Crippen LogP contribution in [0.3, 0.4) is 0 Å². The Morgan fingerprint density at radius 1 is 1.44 bits per heavy atom. The van der Waals surface area contributed by atoms with E-state index in [1.165, 1.54) is 0 Å². The number of carbonyl (C=O) groups is 1. The minimum atomic E-state index is -0.333. The third-order valence-corrected chi connectivity index (χ3v) is 2.21. The highest BCUT2D eigenvalue weighted by Crippen LogP contribution is 2.21. The minimum Gasteiger partial charge on any atom is -0.496 e. The molecule has 0 spiro atoms. The lowest BCUT2D eigenvalue weighted by atomic mass is 10.1. The molecule has 0 fully saturated rings. The summed E-state index contributed by atoms with van der Waals surface area (Å²) in [5.41, 5.74) is 6.98. The van der Waals surface area contributed by atoms with Gasteiger partial charge in [-0.15, -0.1) is 0 Å². The van der Waals surface area contributed by atoms with Gasteiger partial charge in [-0.2, -0.15) is 0 Å². The number of hydrogen-bond acceptors (Lipinski definition) is 4. The molecule has 88 valence electrons. The Kier molecular flexibility index (Phi) is 4.79. The molecule has 0 aliphatic heterocycles. The number of esters is 1. The van der Waals surface area contributed by atoms with Crippen LogP contribution in [0.5, 0.6) is 5.75 Å². The fourth-order valence-corrected chi connectivity index (χ4v) is 1.45. The Labute approximate surface area is 95.3 Å². The maximum absolute atomic E-state index is 11.5. The van der Waals surface area contributed by atoms with Crippen molar-refractivity contribution in [1.82, 2.24) is 0 Å². The van der Waals surface area contributed by atoms with Crippen molar-refractivity contribution in [3.8, 4) is 5.75 Å². The molecular formula is C12H17NO3. The maximum atomic E-state index is 11.5. The smallest absolute Gasteiger partial charge is 0.338 e. The quantitative estimate of drug-likeness (QED) is 0.766. The molecule has 1 rings (SSSR count). The van der Waals surface area contributed by atoms with E-state index in [1.54, 1.807) is 26.2 Å². The van der Waals surface area contributed by atoms with Gasteiger partial charge in [-0.3, -0.25) is 0 Å². The maximum Gasteiger partial charge on any atom is 0.338 e. The molecule has 0 aliphatic rings. The van der Waals surface area contributed by atoms with E-state index in [2.05, 4.69) is 0 Å². The van der Waals surface area contributed by atoms with Crippen molar-refractivity contribution in [3.63, 3.8) is 0 Å². The van der Waals surface area contributed by atoms with Crippen LogP contribution in [0.1, 0.15) is 22.8 Å². The summed E-state index contributed by atoms with van der Waals surface area (Å²) in [5, 5.41) is 0. The molecule has 4 nitrogen and oxygen atoms in total. The van der Waals surface area contributed by atoms with E-state index >= 15 is 0 Å². The highest BCUT2D eigenvalue weighted by atomic mass is 16.5. The fourth-order valence-electron chi connectivity index (χ4n) is 1.45. The van der Waals surface area contributed by atoms with Gasteiger partial charge in [0, 0.05) is 0 Å². The number of methoxy groups -OCH3 is 1. The molecule has 1 aromatic rings. The van der Waals surface area contributed by atoms with Crippen LogP contribution >= 0.6 is 0 Å². The van der Waals surface area contributed by atoms with Gasteiger partial charge in [0.05, 0.1) is 19.3 Å². The average molecular weight is 223 g/mol. The second kappa shape index (κ2) is 6.12. The molecule has 1 aromatic carbocycles. The van der Waals surface area contributed by atoms with Crippen LogP contribution in [-0.4, -0.2) is 26.2 Å². The molecule has 0 aliphatic carbocycles. The van der Waals surface area contributed by atoms with Crippen molar-refractivity contribution in [2.75, 3.05) is 20.3 Å². The molecule has 16 heavy (non-hydrogen) atoms. The van der Waals surface area contributed by atoms with E-state index in [-0.39, 0.29) is 5.97 Å². The summed E-state index contributed by atoms with van der Waals surface area (Å²) in [7, 11) is 1.57. The van der Waals surface area contributed by atoms with E-state index in [0.717, 1.165) is 12.0 Å². The topological polar surface area (TPSA) is 61.5 Å². The second-order valence-corrected chi connectivity index (χ2v) is 3.29. The van der Waals surface area contributed by atoms with E-state index in [4.69, 9.17) is 15.2 Å². The molecule has 0 bridgehead atoms. The summed E-state index contributed by atoms with van der Waals surface area (Å²) in [6, 6.07) is 5.26. The van der Waals surface area contributed by atoms with Gasteiger partial charge in [0.25, 0.3) is 0 Å². The number of nitrogens with two attached hydrogens (primary N) is 1. The first kappa shape index (κ1) is 12.5. The van der Waals surface area contributed by atoms with Crippen LogP contribution in [0.2, 0.25) is 0 Å². The predicted molar refractivity (Wildman–Crippen MR) is 61.7 cm³/mol. The SMILES string of the molecule is CCOC(=O)c1ccc(CCN)c(OC)c1. The standard InChI is InChI=1S/C12H17NO3/c1-3-16-12(14)10-5-4-9(6-7-13)11(8-10)15-2/h4-5,8H,3,6-7,13H2,1-2H3. The van der Waals surface area contributed by atoms with Gasteiger partial charge in [-0.25, -0.2) is 4.79 Å². The number of rotatable bonds is 5. The lowest BCUT2D eigenvalue weighted by Crippen LogP contribution is -2.07. The molecule has 0 atom stereocenters. The van der Waals surface area contributed by atoms with Crippen LogP contribution in [0, 0.1) is 0 Å². The van der Waals surface area contributed by atoms with E-state index in [0.29, 0.717) is 24.5 Å². The highest BCUT2D eigenvalue weighted by molar-refractivity contribution is 5.90. The zero-order valence-electron chi connectivity index (χ0n) is 9.66. The van der Waals surface area contributed by atoms with Gasteiger partial charge in [0.2, 0.25) is 0 Å². The first-order valence-electron chi connectivity index (χ1n) is 5.27. The summed E-state index contributed by atoms with van der Waals surface area (Å²) in [5.74, 6) is 0.344. The molecular weight excluding hydrogens is 206 g/mol. The predicted octanol–water partition coefficient (Wildman–Crippen LogP) is 1.37. The van der Waals surface area contributed by atoms with Gasteiger partial charge in [-0.05, 0) is 37.6 Å². The fraction of sp³-hybridized carbons (Fsp3) is 0.417. The first-order valence-corrected chi connectivity index (χ1v) is 5.27. The van der Waals surface area contributed by atoms with Crippen molar-refractivity contribution in [2.45, 2.75) is 13.3 Å². The van der Waals surface area contributed by atoms with Gasteiger partial charge < -0.3 is 15.2 Å². The minimum absolute atomic E-state index is 0.333. The van der Waals surface area contributed by atoms with E-state index < -0.39 is 0 Å². The summed E-state index contributed by atoms with van der Waals surface area (Å²) >= 11 is 0. The van der Waals surface area contributed by atoms with Gasteiger partial charge >= 0.3 is 5.97 Å². The van der Waals surface area contributed by atoms with Crippen LogP contribution in [0.4, 0.5) is 0 Å². The normalized spacial score (nSPS) is 9.94. The highest BCUT2D eigenvalue weighted by Gasteiger charge is 2.10. The summed E-state index contributed by atoms with van der Waals surface area (Å²) in [4.78, 5) is 11.5. The number of carbonyl (C=O) groups excluding carboxylic acids is 1. The van der Waals surface area contributed by atoms with E-state index in [1.807, 2.05) is 6.07 Å². The van der Waals surface area contributed by atoms with E-state index in [9.17, 15) is 4.79 Å². The lowest BCUT2D eigenvalue weighted by Gasteiger charge is -2.09. The third kappa shape index (κ3) is 2.97. The Morgan fingerprint density at radius 3 is 2.75 bits per heavy atom. The van der Waals surface area contributed by atoms with Crippen molar-refractivity contribution in [2.24, 2.45) is 5.73 Å². The van der Waals surface area contributed by atoms with Crippen molar-refractivity contribution < 1.29 is 14.3 Å². The molecule has 0 saturated carbocycles.